The number of phenolic OH excluding ortho intramolecular Hbond substituents is 1. The Hall–Kier alpha value is -3.23. The van der Waals surface area contributed by atoms with E-state index in [0.717, 1.165) is 17.3 Å². The normalized spacial score (nSPS) is 15.1. The molecule has 1 heterocycles. The molecule has 3 aromatic rings. The topological polar surface area (TPSA) is 93.0 Å². The van der Waals surface area contributed by atoms with Gasteiger partial charge < -0.3 is 5.11 Å². The summed E-state index contributed by atoms with van der Waals surface area (Å²) in [5.74, 6) is 0.132. The number of rotatable bonds is 7. The molecule has 1 fully saturated rings. The van der Waals surface area contributed by atoms with E-state index in [0.29, 0.717) is 17.3 Å². The number of benzene rings is 2. The summed E-state index contributed by atoms with van der Waals surface area (Å²) in [6.07, 6.45) is 9.42. The number of hydrogen-bond acceptors (Lipinski definition) is 6. The van der Waals surface area contributed by atoms with Crippen LogP contribution in [0.15, 0.2) is 64.5 Å². The van der Waals surface area contributed by atoms with Crippen LogP contribution in [0, 0.1) is 10.1 Å². The van der Waals surface area contributed by atoms with Crippen molar-refractivity contribution < 1.29 is 10.0 Å². The molecule has 0 aliphatic heterocycles. The third-order valence-electron chi connectivity index (χ3n) is 5.92. The molecule has 0 saturated heterocycles. The summed E-state index contributed by atoms with van der Waals surface area (Å²) in [5, 5.41) is 28.2. The van der Waals surface area contributed by atoms with Crippen LogP contribution in [0.4, 0.5) is 5.69 Å². The Morgan fingerprint density at radius 3 is 2.65 bits per heavy atom. The molecular weight excluding hydrogens is 472 g/mol. The van der Waals surface area contributed by atoms with Crippen molar-refractivity contribution in [2.75, 3.05) is 6.54 Å². The average molecular weight is 497 g/mol. The van der Waals surface area contributed by atoms with E-state index >= 15 is 0 Å². The molecule has 2 aromatic carbocycles. The van der Waals surface area contributed by atoms with Gasteiger partial charge in [0.1, 0.15) is 0 Å². The van der Waals surface area contributed by atoms with E-state index in [1.165, 1.54) is 61.3 Å². The summed E-state index contributed by atoms with van der Waals surface area (Å²) in [6, 6.07) is 11.1. The second kappa shape index (κ2) is 10.8. The van der Waals surface area contributed by atoms with Crippen molar-refractivity contribution >= 4 is 34.8 Å². The SMILES string of the molecule is C=CCN=c1scc(-c2ccc(C3CCCCC3)cc2)n1N=Cc1cc(Cl)cc([N+](=O)[O-])c1O. The highest BCUT2D eigenvalue weighted by molar-refractivity contribution is 7.07. The number of aromatic nitrogens is 1. The molecule has 0 bridgehead atoms. The number of thiazole rings is 1. The van der Waals surface area contributed by atoms with Gasteiger partial charge in [0.25, 0.3) is 0 Å². The Kier molecular flexibility index (Phi) is 7.59. The minimum absolute atomic E-state index is 0.136. The Morgan fingerprint density at radius 2 is 1.97 bits per heavy atom. The fourth-order valence-corrected chi connectivity index (χ4v) is 5.25. The number of halogens is 1. The van der Waals surface area contributed by atoms with Crippen LogP contribution in [0.3, 0.4) is 0 Å². The van der Waals surface area contributed by atoms with Gasteiger partial charge in [-0.3, -0.25) is 15.1 Å². The molecule has 9 heteroatoms. The van der Waals surface area contributed by atoms with Crippen molar-refractivity contribution in [2.45, 2.75) is 38.0 Å². The zero-order chi connectivity index (χ0) is 24.1. The standard InChI is InChI=1S/C25H25ClN4O3S/c1-2-12-27-25-29(28-15-20-13-21(26)14-22(24(20)31)30(32)33)23(16-34-25)19-10-8-18(9-11-19)17-6-4-3-5-7-17/h2,8-11,13-17,31H,1,3-7,12H2. The lowest BCUT2D eigenvalue weighted by Crippen LogP contribution is -2.12. The summed E-state index contributed by atoms with van der Waals surface area (Å²) in [6.45, 7) is 4.14. The van der Waals surface area contributed by atoms with E-state index in [2.05, 4.69) is 40.9 Å². The van der Waals surface area contributed by atoms with Crippen molar-refractivity contribution in [2.24, 2.45) is 10.1 Å². The zero-order valence-corrected chi connectivity index (χ0v) is 20.1. The van der Waals surface area contributed by atoms with E-state index in [1.54, 1.807) is 10.8 Å². The highest BCUT2D eigenvalue weighted by Gasteiger charge is 2.19. The highest BCUT2D eigenvalue weighted by Crippen LogP contribution is 2.34. The Bertz CT molecular complexity index is 1290. The van der Waals surface area contributed by atoms with Gasteiger partial charge >= 0.3 is 5.69 Å². The largest absolute Gasteiger partial charge is 0.502 e. The van der Waals surface area contributed by atoms with E-state index in [9.17, 15) is 15.2 Å². The first-order chi connectivity index (χ1) is 16.5. The minimum Gasteiger partial charge on any atom is -0.502 e. The first-order valence-corrected chi connectivity index (χ1v) is 12.4. The van der Waals surface area contributed by atoms with Crippen LogP contribution in [0.25, 0.3) is 11.3 Å². The van der Waals surface area contributed by atoms with Crippen molar-refractivity contribution in [3.8, 4) is 17.0 Å². The number of hydrogen-bond donors (Lipinski definition) is 1. The van der Waals surface area contributed by atoms with Gasteiger partial charge in [-0.2, -0.15) is 5.10 Å². The van der Waals surface area contributed by atoms with Crippen molar-refractivity contribution in [1.29, 1.82) is 0 Å². The maximum absolute atomic E-state index is 11.2. The first kappa shape index (κ1) is 23.9. The van der Waals surface area contributed by atoms with E-state index in [-0.39, 0.29) is 10.6 Å². The lowest BCUT2D eigenvalue weighted by atomic mass is 9.84. The molecule has 1 aliphatic rings. The van der Waals surface area contributed by atoms with Gasteiger partial charge in [-0.1, -0.05) is 61.2 Å². The fourth-order valence-electron chi connectivity index (χ4n) is 4.19. The molecule has 0 radical (unpaired) electrons. The van der Waals surface area contributed by atoms with Gasteiger partial charge in [-0.25, -0.2) is 4.68 Å². The van der Waals surface area contributed by atoms with Crippen LogP contribution in [-0.4, -0.2) is 27.5 Å². The number of nitro groups is 1. The molecule has 0 amide bonds. The van der Waals surface area contributed by atoms with Gasteiger partial charge in [0.15, 0.2) is 0 Å². The molecule has 34 heavy (non-hydrogen) atoms. The fraction of sp³-hybridized carbons (Fsp3) is 0.280. The zero-order valence-electron chi connectivity index (χ0n) is 18.6. The third kappa shape index (κ3) is 5.29. The van der Waals surface area contributed by atoms with Gasteiger partial charge in [-0.15, -0.1) is 17.9 Å². The lowest BCUT2D eigenvalue weighted by molar-refractivity contribution is -0.385. The van der Waals surface area contributed by atoms with Gasteiger partial charge in [0.2, 0.25) is 10.6 Å². The summed E-state index contributed by atoms with van der Waals surface area (Å²) in [4.78, 5) is 15.7. The van der Waals surface area contributed by atoms with Crippen molar-refractivity contribution in [1.82, 2.24) is 4.68 Å². The number of nitro benzene ring substituents is 1. The molecule has 1 saturated carbocycles. The van der Waals surface area contributed by atoms with Gasteiger partial charge in [0, 0.05) is 27.6 Å². The maximum atomic E-state index is 11.2. The average Bonchev–Trinajstić information content (AvgIpc) is 3.26. The third-order valence-corrected chi connectivity index (χ3v) is 6.99. The molecule has 1 aromatic heterocycles. The molecule has 1 N–H and O–H groups in total. The number of nitrogens with zero attached hydrogens (tertiary/aromatic N) is 4. The quantitative estimate of drug-likeness (QED) is 0.175. The van der Waals surface area contributed by atoms with Crippen LogP contribution in [0.1, 0.15) is 49.1 Å². The predicted molar refractivity (Wildman–Crippen MR) is 137 cm³/mol. The highest BCUT2D eigenvalue weighted by atomic mass is 35.5. The molecule has 0 unspecified atom stereocenters. The minimum atomic E-state index is -0.680. The maximum Gasteiger partial charge on any atom is 0.312 e. The van der Waals surface area contributed by atoms with Crippen LogP contribution in [0.2, 0.25) is 5.02 Å². The summed E-state index contributed by atoms with van der Waals surface area (Å²) < 4.78 is 1.66. The first-order valence-electron chi connectivity index (χ1n) is 11.1. The molecule has 7 nitrogen and oxygen atoms in total. The van der Waals surface area contributed by atoms with Crippen LogP contribution >= 0.6 is 22.9 Å². The van der Waals surface area contributed by atoms with Crippen LogP contribution < -0.4 is 4.80 Å². The second-order valence-corrected chi connectivity index (χ2v) is 9.44. The van der Waals surface area contributed by atoms with Crippen LogP contribution in [0.5, 0.6) is 5.75 Å². The smallest absolute Gasteiger partial charge is 0.312 e. The Labute approximate surface area is 206 Å². The molecule has 1 aliphatic carbocycles. The molecule has 4 rings (SSSR count). The predicted octanol–water partition coefficient (Wildman–Crippen LogP) is 6.50. The number of phenols is 1. The Balaban J connectivity index is 1.72. The Morgan fingerprint density at radius 1 is 1.24 bits per heavy atom. The van der Waals surface area contributed by atoms with Crippen molar-refractivity contribution in [3.63, 3.8) is 0 Å². The van der Waals surface area contributed by atoms with Gasteiger partial charge in [0.05, 0.1) is 23.4 Å². The monoisotopic (exact) mass is 496 g/mol. The summed E-state index contributed by atoms with van der Waals surface area (Å²) in [5.41, 5.74) is 2.84. The van der Waals surface area contributed by atoms with Crippen LogP contribution in [-0.2, 0) is 0 Å². The lowest BCUT2D eigenvalue weighted by Gasteiger charge is -2.22. The summed E-state index contributed by atoms with van der Waals surface area (Å²) >= 11 is 7.45. The molecular formula is C25H25ClN4O3S. The summed E-state index contributed by atoms with van der Waals surface area (Å²) in [7, 11) is 0. The van der Waals surface area contributed by atoms with E-state index in [1.807, 2.05) is 5.38 Å². The molecule has 0 atom stereocenters. The van der Waals surface area contributed by atoms with Crippen molar-refractivity contribution in [3.05, 3.63) is 85.5 Å². The number of aromatic hydroxyl groups is 1. The second-order valence-electron chi connectivity index (χ2n) is 8.17. The molecule has 0 spiro atoms. The molecule has 176 valence electrons. The van der Waals surface area contributed by atoms with E-state index < -0.39 is 16.4 Å². The van der Waals surface area contributed by atoms with E-state index in [4.69, 9.17) is 11.6 Å². The van der Waals surface area contributed by atoms with Gasteiger partial charge in [-0.05, 0) is 30.4 Å².